The first-order valence-corrected chi connectivity index (χ1v) is 6.32. The predicted octanol–water partition coefficient (Wildman–Crippen LogP) is 3.29. The summed E-state index contributed by atoms with van der Waals surface area (Å²) in [6.07, 6.45) is 2.86. The van der Waals surface area contributed by atoms with Gasteiger partial charge in [0.25, 0.3) is 0 Å². The molecule has 4 heteroatoms. The van der Waals surface area contributed by atoms with E-state index < -0.39 is 0 Å². The van der Waals surface area contributed by atoms with Gasteiger partial charge in [0.2, 0.25) is 0 Å². The fraction of sp³-hybridized carbons (Fsp3) is 0.538. The van der Waals surface area contributed by atoms with Gasteiger partial charge in [-0.05, 0) is 50.4 Å². The highest BCUT2D eigenvalue weighted by molar-refractivity contribution is 6.30. The average Bonchev–Trinajstić information content (AvgIpc) is 2.32. The molecule has 1 aromatic rings. The van der Waals surface area contributed by atoms with Crippen molar-refractivity contribution in [1.82, 2.24) is 5.32 Å². The van der Waals surface area contributed by atoms with Gasteiger partial charge >= 0.3 is 0 Å². The molecule has 0 aliphatic rings. The first-order valence-electron chi connectivity index (χ1n) is 5.94. The number of benzene rings is 1. The minimum Gasteiger partial charge on any atom is -0.396 e. The summed E-state index contributed by atoms with van der Waals surface area (Å²) in [5.41, 5.74) is 0.897. The summed E-state index contributed by atoms with van der Waals surface area (Å²) in [5.74, 6) is -0.377. The Bertz CT molecular complexity index is 346. The lowest BCUT2D eigenvalue weighted by Crippen LogP contribution is -2.20. The van der Waals surface area contributed by atoms with Crippen LogP contribution in [0.2, 0.25) is 5.02 Å². The highest BCUT2D eigenvalue weighted by Gasteiger charge is 2.07. The number of aliphatic hydroxyl groups excluding tert-OH is 1. The summed E-state index contributed by atoms with van der Waals surface area (Å²) < 4.78 is 13.2. The third-order valence-electron chi connectivity index (χ3n) is 2.73. The van der Waals surface area contributed by atoms with Gasteiger partial charge in [-0.2, -0.15) is 0 Å². The molecule has 1 rings (SSSR count). The van der Waals surface area contributed by atoms with Crippen molar-refractivity contribution in [3.63, 3.8) is 0 Å². The number of rotatable bonds is 7. The summed E-state index contributed by atoms with van der Waals surface area (Å²) in [6, 6.07) is 4.98. The standard InChI is InChI=1S/C13H19ClFNO/c1-10(16-7-3-2-4-8-17)11-5-6-12(14)13(15)9-11/h5-6,9-10,16-17H,2-4,7-8H2,1H3. The monoisotopic (exact) mass is 259 g/mol. The van der Waals surface area contributed by atoms with Crippen LogP contribution in [0.3, 0.4) is 0 Å². The second-order valence-electron chi connectivity index (χ2n) is 4.13. The van der Waals surface area contributed by atoms with Crippen LogP contribution in [0, 0.1) is 5.82 Å². The van der Waals surface area contributed by atoms with E-state index >= 15 is 0 Å². The molecule has 0 bridgehead atoms. The maximum Gasteiger partial charge on any atom is 0.142 e. The minimum atomic E-state index is -0.377. The first-order chi connectivity index (χ1) is 8.15. The smallest absolute Gasteiger partial charge is 0.142 e. The number of aliphatic hydroxyl groups is 1. The van der Waals surface area contributed by atoms with Crippen LogP contribution >= 0.6 is 11.6 Å². The number of hydrogen-bond donors (Lipinski definition) is 2. The predicted molar refractivity (Wildman–Crippen MR) is 68.8 cm³/mol. The molecule has 1 aromatic carbocycles. The highest BCUT2D eigenvalue weighted by Crippen LogP contribution is 2.19. The summed E-state index contributed by atoms with van der Waals surface area (Å²) in [6.45, 7) is 3.11. The van der Waals surface area contributed by atoms with Crippen LogP contribution in [0.1, 0.15) is 37.8 Å². The summed E-state index contributed by atoms with van der Waals surface area (Å²) >= 11 is 5.63. The zero-order valence-corrected chi connectivity index (χ0v) is 10.8. The van der Waals surface area contributed by atoms with E-state index in [0.717, 1.165) is 31.4 Å². The largest absolute Gasteiger partial charge is 0.396 e. The van der Waals surface area contributed by atoms with Crippen LogP contribution < -0.4 is 5.32 Å². The van der Waals surface area contributed by atoms with E-state index in [1.54, 1.807) is 6.07 Å². The van der Waals surface area contributed by atoms with E-state index in [1.807, 2.05) is 13.0 Å². The Morgan fingerprint density at radius 1 is 1.35 bits per heavy atom. The van der Waals surface area contributed by atoms with Crippen molar-refractivity contribution in [2.45, 2.75) is 32.2 Å². The molecule has 17 heavy (non-hydrogen) atoms. The fourth-order valence-corrected chi connectivity index (χ4v) is 1.75. The van der Waals surface area contributed by atoms with Crippen LogP contribution in [-0.2, 0) is 0 Å². The molecule has 1 unspecified atom stereocenters. The van der Waals surface area contributed by atoms with Crippen LogP contribution in [0.5, 0.6) is 0 Å². The van der Waals surface area contributed by atoms with Crippen molar-refractivity contribution in [2.75, 3.05) is 13.2 Å². The van der Waals surface area contributed by atoms with E-state index in [9.17, 15) is 4.39 Å². The highest BCUT2D eigenvalue weighted by atomic mass is 35.5. The van der Waals surface area contributed by atoms with E-state index in [2.05, 4.69) is 5.32 Å². The van der Waals surface area contributed by atoms with Crippen LogP contribution in [-0.4, -0.2) is 18.3 Å². The van der Waals surface area contributed by atoms with Gasteiger partial charge in [-0.3, -0.25) is 0 Å². The number of halogens is 2. The Balaban J connectivity index is 2.36. The fourth-order valence-electron chi connectivity index (χ4n) is 1.63. The molecule has 2 nitrogen and oxygen atoms in total. The van der Waals surface area contributed by atoms with Crippen molar-refractivity contribution in [1.29, 1.82) is 0 Å². The molecule has 0 saturated carbocycles. The van der Waals surface area contributed by atoms with Crippen LogP contribution in [0.4, 0.5) is 4.39 Å². The topological polar surface area (TPSA) is 32.3 Å². The molecule has 96 valence electrons. The number of hydrogen-bond acceptors (Lipinski definition) is 2. The minimum absolute atomic E-state index is 0.107. The molecule has 0 heterocycles. The molecule has 0 aromatic heterocycles. The van der Waals surface area contributed by atoms with E-state index in [4.69, 9.17) is 16.7 Å². The number of nitrogens with one attached hydrogen (secondary N) is 1. The SMILES string of the molecule is CC(NCCCCCO)c1ccc(Cl)c(F)c1. The van der Waals surface area contributed by atoms with Gasteiger partial charge in [-0.25, -0.2) is 4.39 Å². The Labute approximate surface area is 107 Å². The Kier molecular flexibility index (Phi) is 6.48. The Hall–Kier alpha value is -0.640. The molecule has 0 aliphatic heterocycles. The van der Waals surface area contributed by atoms with Crippen molar-refractivity contribution in [2.24, 2.45) is 0 Å². The second-order valence-corrected chi connectivity index (χ2v) is 4.54. The Morgan fingerprint density at radius 3 is 2.76 bits per heavy atom. The maximum atomic E-state index is 13.2. The van der Waals surface area contributed by atoms with Gasteiger partial charge < -0.3 is 10.4 Å². The molecule has 0 amide bonds. The molecular weight excluding hydrogens is 241 g/mol. The zero-order valence-electron chi connectivity index (χ0n) is 10.0. The zero-order chi connectivity index (χ0) is 12.7. The maximum absolute atomic E-state index is 13.2. The molecule has 0 spiro atoms. The van der Waals surface area contributed by atoms with Gasteiger partial charge in [-0.1, -0.05) is 17.7 Å². The van der Waals surface area contributed by atoms with Crippen LogP contribution in [0.15, 0.2) is 18.2 Å². The summed E-state index contributed by atoms with van der Waals surface area (Å²) in [5, 5.41) is 12.1. The van der Waals surface area contributed by atoms with Crippen molar-refractivity contribution in [3.05, 3.63) is 34.6 Å². The summed E-state index contributed by atoms with van der Waals surface area (Å²) in [4.78, 5) is 0. The van der Waals surface area contributed by atoms with Gasteiger partial charge in [0.15, 0.2) is 0 Å². The average molecular weight is 260 g/mol. The molecule has 0 fully saturated rings. The van der Waals surface area contributed by atoms with Gasteiger partial charge in [0.05, 0.1) is 5.02 Å². The Morgan fingerprint density at radius 2 is 2.12 bits per heavy atom. The third-order valence-corrected chi connectivity index (χ3v) is 3.04. The quantitative estimate of drug-likeness (QED) is 0.737. The molecular formula is C13H19ClFNO. The van der Waals surface area contributed by atoms with E-state index in [0.29, 0.717) is 0 Å². The summed E-state index contributed by atoms with van der Waals surface area (Å²) in [7, 11) is 0. The van der Waals surface area contributed by atoms with Crippen molar-refractivity contribution < 1.29 is 9.50 Å². The van der Waals surface area contributed by atoms with Crippen molar-refractivity contribution >= 4 is 11.6 Å². The van der Waals surface area contributed by atoms with Gasteiger partial charge in [-0.15, -0.1) is 0 Å². The third kappa shape index (κ3) is 5.02. The van der Waals surface area contributed by atoms with Crippen LogP contribution in [0.25, 0.3) is 0 Å². The van der Waals surface area contributed by atoms with Gasteiger partial charge in [0, 0.05) is 12.6 Å². The van der Waals surface area contributed by atoms with E-state index in [-0.39, 0.29) is 23.5 Å². The molecule has 0 radical (unpaired) electrons. The van der Waals surface area contributed by atoms with E-state index in [1.165, 1.54) is 6.07 Å². The lowest BCUT2D eigenvalue weighted by atomic mass is 10.1. The lowest BCUT2D eigenvalue weighted by molar-refractivity contribution is 0.282. The van der Waals surface area contributed by atoms with Gasteiger partial charge in [0.1, 0.15) is 5.82 Å². The number of unbranched alkanes of at least 4 members (excludes halogenated alkanes) is 2. The van der Waals surface area contributed by atoms with Crippen molar-refractivity contribution in [3.8, 4) is 0 Å². The first kappa shape index (κ1) is 14.4. The lowest BCUT2D eigenvalue weighted by Gasteiger charge is -2.14. The molecule has 0 aliphatic carbocycles. The second kappa shape index (κ2) is 7.64. The molecule has 2 N–H and O–H groups in total. The molecule has 0 saturated heterocycles. The molecule has 1 atom stereocenters. The normalized spacial score (nSPS) is 12.7.